The van der Waals surface area contributed by atoms with Crippen molar-refractivity contribution in [2.75, 3.05) is 6.61 Å². The molecule has 0 aliphatic heterocycles. The highest BCUT2D eigenvalue weighted by Crippen LogP contribution is 2.11. The fourth-order valence-electron chi connectivity index (χ4n) is 2.58. The SMILES string of the molecule is CCCCC[C@H](C)NC(=O)COC(=O)c1ccc(-n2cccc2)cc1. The molecule has 2 rings (SSSR count). The molecule has 0 aliphatic carbocycles. The van der Waals surface area contributed by atoms with Crippen LogP contribution in [0.3, 0.4) is 0 Å². The number of carbonyl (C=O) groups is 2. The molecule has 1 amide bonds. The van der Waals surface area contributed by atoms with E-state index in [9.17, 15) is 9.59 Å². The molecule has 1 aromatic heterocycles. The first kappa shape index (κ1) is 18.8. The van der Waals surface area contributed by atoms with Crippen molar-refractivity contribution in [1.82, 2.24) is 9.88 Å². The Bertz CT molecular complexity index is 663. The predicted octanol–water partition coefficient (Wildman–Crippen LogP) is 3.72. The lowest BCUT2D eigenvalue weighted by Gasteiger charge is -2.13. The molecule has 0 bridgehead atoms. The normalized spacial score (nSPS) is 11.8. The van der Waals surface area contributed by atoms with Crippen LogP contribution in [0, 0.1) is 0 Å². The number of benzene rings is 1. The molecular weight excluding hydrogens is 316 g/mol. The van der Waals surface area contributed by atoms with Crippen LogP contribution in [-0.4, -0.2) is 29.1 Å². The molecule has 0 radical (unpaired) electrons. The van der Waals surface area contributed by atoms with Gasteiger partial charge in [0.1, 0.15) is 0 Å². The monoisotopic (exact) mass is 342 g/mol. The van der Waals surface area contributed by atoms with Gasteiger partial charge in [-0.2, -0.15) is 0 Å². The molecule has 0 aliphatic rings. The second-order valence-electron chi connectivity index (χ2n) is 6.18. The van der Waals surface area contributed by atoms with Gasteiger partial charge in [-0.25, -0.2) is 4.79 Å². The van der Waals surface area contributed by atoms with E-state index in [-0.39, 0.29) is 18.6 Å². The van der Waals surface area contributed by atoms with Crippen LogP contribution in [-0.2, 0) is 9.53 Å². The zero-order chi connectivity index (χ0) is 18.1. The van der Waals surface area contributed by atoms with Gasteiger partial charge in [-0.05, 0) is 49.7 Å². The van der Waals surface area contributed by atoms with E-state index in [4.69, 9.17) is 4.74 Å². The van der Waals surface area contributed by atoms with E-state index in [1.807, 2.05) is 48.1 Å². The molecule has 1 N–H and O–H groups in total. The quantitative estimate of drug-likeness (QED) is 0.558. The minimum atomic E-state index is -0.493. The van der Waals surface area contributed by atoms with Gasteiger partial charge >= 0.3 is 5.97 Å². The highest BCUT2D eigenvalue weighted by atomic mass is 16.5. The Labute approximate surface area is 149 Å². The van der Waals surface area contributed by atoms with Crippen molar-refractivity contribution < 1.29 is 14.3 Å². The molecule has 0 unspecified atom stereocenters. The molecule has 0 spiro atoms. The summed E-state index contributed by atoms with van der Waals surface area (Å²) in [5, 5.41) is 2.85. The number of esters is 1. The standard InChI is InChI=1S/C20H26N2O3/c1-3-4-5-8-16(2)21-19(23)15-25-20(24)17-9-11-18(12-10-17)22-13-6-7-14-22/h6-7,9-14,16H,3-5,8,15H2,1-2H3,(H,21,23)/t16-/m0/s1. The van der Waals surface area contributed by atoms with Crippen LogP contribution in [0.1, 0.15) is 49.9 Å². The largest absolute Gasteiger partial charge is 0.452 e. The van der Waals surface area contributed by atoms with Gasteiger partial charge in [-0.15, -0.1) is 0 Å². The molecule has 5 nitrogen and oxygen atoms in total. The van der Waals surface area contributed by atoms with Crippen LogP contribution >= 0.6 is 0 Å². The lowest BCUT2D eigenvalue weighted by atomic mass is 10.1. The van der Waals surface area contributed by atoms with Gasteiger partial charge in [0.25, 0.3) is 5.91 Å². The fourth-order valence-corrected chi connectivity index (χ4v) is 2.58. The summed E-state index contributed by atoms with van der Waals surface area (Å²) >= 11 is 0. The summed E-state index contributed by atoms with van der Waals surface area (Å²) in [5.41, 5.74) is 1.39. The topological polar surface area (TPSA) is 60.3 Å². The molecule has 1 aromatic carbocycles. The maximum Gasteiger partial charge on any atom is 0.338 e. The number of ether oxygens (including phenoxy) is 1. The summed E-state index contributed by atoms with van der Waals surface area (Å²) in [7, 11) is 0. The van der Waals surface area contributed by atoms with Gasteiger partial charge in [0, 0.05) is 24.1 Å². The van der Waals surface area contributed by atoms with E-state index in [0.717, 1.165) is 31.4 Å². The molecule has 0 saturated heterocycles. The number of carbonyl (C=O) groups excluding carboxylic acids is 2. The molecule has 1 heterocycles. The Morgan fingerprint density at radius 2 is 1.80 bits per heavy atom. The first-order valence-corrected chi connectivity index (χ1v) is 8.80. The fraction of sp³-hybridized carbons (Fsp3) is 0.400. The third-order valence-corrected chi connectivity index (χ3v) is 3.99. The third-order valence-electron chi connectivity index (χ3n) is 3.99. The summed E-state index contributed by atoms with van der Waals surface area (Å²) < 4.78 is 7.04. The van der Waals surface area contributed by atoms with Crippen molar-refractivity contribution in [3.8, 4) is 5.69 Å². The lowest BCUT2D eigenvalue weighted by molar-refractivity contribution is -0.124. The van der Waals surface area contributed by atoms with Crippen LogP contribution in [0.2, 0.25) is 0 Å². The number of unbranched alkanes of at least 4 members (excludes halogenated alkanes) is 2. The van der Waals surface area contributed by atoms with Crippen molar-refractivity contribution in [2.45, 2.75) is 45.6 Å². The van der Waals surface area contributed by atoms with Crippen LogP contribution in [0.5, 0.6) is 0 Å². The Kier molecular flexibility index (Phi) is 7.26. The maximum absolute atomic E-state index is 12.0. The summed E-state index contributed by atoms with van der Waals surface area (Å²) in [6.07, 6.45) is 8.20. The van der Waals surface area contributed by atoms with Crippen LogP contribution in [0.4, 0.5) is 0 Å². The van der Waals surface area contributed by atoms with Crippen LogP contribution < -0.4 is 5.32 Å². The van der Waals surface area contributed by atoms with Crippen LogP contribution in [0.15, 0.2) is 48.8 Å². The second-order valence-corrected chi connectivity index (χ2v) is 6.18. The average molecular weight is 342 g/mol. The van der Waals surface area contributed by atoms with Crippen molar-refractivity contribution in [3.63, 3.8) is 0 Å². The van der Waals surface area contributed by atoms with Gasteiger partial charge in [-0.3, -0.25) is 4.79 Å². The zero-order valence-corrected chi connectivity index (χ0v) is 14.9. The number of hydrogen-bond acceptors (Lipinski definition) is 3. The Morgan fingerprint density at radius 3 is 2.44 bits per heavy atom. The average Bonchev–Trinajstić information content (AvgIpc) is 3.14. The molecule has 134 valence electrons. The van der Waals surface area contributed by atoms with Crippen molar-refractivity contribution >= 4 is 11.9 Å². The Hall–Kier alpha value is -2.56. The van der Waals surface area contributed by atoms with Crippen molar-refractivity contribution in [2.24, 2.45) is 0 Å². The number of rotatable bonds is 9. The number of hydrogen-bond donors (Lipinski definition) is 1. The summed E-state index contributed by atoms with van der Waals surface area (Å²) in [6, 6.07) is 11.0. The van der Waals surface area contributed by atoms with Crippen molar-refractivity contribution in [1.29, 1.82) is 0 Å². The highest BCUT2D eigenvalue weighted by Gasteiger charge is 2.12. The van der Waals surface area contributed by atoms with Crippen molar-refractivity contribution in [3.05, 3.63) is 54.4 Å². The van der Waals surface area contributed by atoms with Gasteiger partial charge in [0.05, 0.1) is 5.56 Å². The molecule has 25 heavy (non-hydrogen) atoms. The number of amides is 1. The van der Waals surface area contributed by atoms with E-state index >= 15 is 0 Å². The molecular formula is C20H26N2O3. The molecule has 0 fully saturated rings. The molecule has 2 aromatic rings. The molecule has 1 atom stereocenters. The Balaban J connectivity index is 1.77. The van der Waals surface area contributed by atoms with E-state index in [1.54, 1.807) is 12.1 Å². The number of nitrogens with one attached hydrogen (secondary N) is 1. The van der Waals surface area contributed by atoms with E-state index < -0.39 is 5.97 Å². The van der Waals surface area contributed by atoms with Gasteiger partial charge in [-0.1, -0.05) is 26.2 Å². The second kappa shape index (κ2) is 9.67. The first-order valence-electron chi connectivity index (χ1n) is 8.80. The van der Waals surface area contributed by atoms with Gasteiger partial charge in [0.15, 0.2) is 6.61 Å². The highest BCUT2D eigenvalue weighted by molar-refractivity contribution is 5.91. The smallest absolute Gasteiger partial charge is 0.338 e. The maximum atomic E-state index is 12.0. The first-order chi connectivity index (χ1) is 12.1. The van der Waals surface area contributed by atoms with E-state index in [1.165, 1.54) is 0 Å². The minimum Gasteiger partial charge on any atom is -0.452 e. The third kappa shape index (κ3) is 6.10. The summed E-state index contributed by atoms with van der Waals surface area (Å²) in [6.45, 7) is 3.86. The predicted molar refractivity (Wildman–Crippen MR) is 97.8 cm³/mol. The summed E-state index contributed by atoms with van der Waals surface area (Å²) in [5.74, 6) is -0.755. The van der Waals surface area contributed by atoms with Gasteiger partial charge in [0.2, 0.25) is 0 Å². The molecule has 0 saturated carbocycles. The van der Waals surface area contributed by atoms with Crippen LogP contribution in [0.25, 0.3) is 5.69 Å². The summed E-state index contributed by atoms with van der Waals surface area (Å²) in [4.78, 5) is 23.9. The minimum absolute atomic E-state index is 0.0959. The number of aromatic nitrogens is 1. The molecule has 5 heteroatoms. The lowest BCUT2D eigenvalue weighted by Crippen LogP contribution is -2.35. The van der Waals surface area contributed by atoms with E-state index in [0.29, 0.717) is 5.56 Å². The Morgan fingerprint density at radius 1 is 1.12 bits per heavy atom. The number of nitrogens with zero attached hydrogens (tertiary/aromatic N) is 1. The van der Waals surface area contributed by atoms with Gasteiger partial charge < -0.3 is 14.6 Å². The van der Waals surface area contributed by atoms with E-state index in [2.05, 4.69) is 12.2 Å². The zero-order valence-electron chi connectivity index (χ0n) is 14.9.